The lowest BCUT2D eigenvalue weighted by molar-refractivity contribution is -0.143. The molecule has 1 aliphatic rings. The fourth-order valence-corrected chi connectivity index (χ4v) is 6.09. The first kappa shape index (κ1) is 36.9. The first-order valence-corrected chi connectivity index (χ1v) is 16.0. The largest absolute Gasteiger partial charge is 0.445 e. The summed E-state index contributed by atoms with van der Waals surface area (Å²) in [7, 11) is 0. The molecule has 5 rings (SSSR count). The molecule has 3 atom stereocenters. The van der Waals surface area contributed by atoms with Gasteiger partial charge >= 0.3 is 18.4 Å². The van der Waals surface area contributed by atoms with Gasteiger partial charge in [-0.15, -0.1) is 0 Å². The topological polar surface area (TPSA) is 74.0 Å². The van der Waals surface area contributed by atoms with E-state index in [0.717, 1.165) is 11.1 Å². The highest BCUT2D eigenvalue weighted by Crippen LogP contribution is 2.43. The van der Waals surface area contributed by atoms with E-state index in [4.69, 9.17) is 19.9 Å². The molecule has 1 saturated heterocycles. The zero-order valence-corrected chi connectivity index (χ0v) is 27.3. The monoisotopic (exact) mass is 700 g/mol. The number of nitrogens with two attached hydrogens (primary N) is 1. The molecule has 2 N–H and O–H groups in total. The summed E-state index contributed by atoms with van der Waals surface area (Å²) in [4.78, 5) is 15.5. The number of hydrogen-bond acceptors (Lipinski definition) is 5. The van der Waals surface area contributed by atoms with Crippen LogP contribution in [0.15, 0.2) is 109 Å². The Labute approximate surface area is 286 Å². The van der Waals surface area contributed by atoms with Gasteiger partial charge < -0.3 is 19.9 Å². The smallest absolute Gasteiger partial charge is 0.416 e. The van der Waals surface area contributed by atoms with Gasteiger partial charge in [0.15, 0.2) is 0 Å². The molecule has 1 fully saturated rings. The Hall–Kier alpha value is -4.39. The van der Waals surface area contributed by atoms with E-state index in [1.54, 1.807) is 54.6 Å². The molecule has 12 heteroatoms. The number of rotatable bonds is 11. The maximum Gasteiger partial charge on any atom is 0.416 e. The normalized spacial score (nSPS) is 20.4. The second-order valence-electron chi connectivity index (χ2n) is 12.7. The number of alkyl halides is 6. The number of ether oxygens (including phenoxy) is 3. The van der Waals surface area contributed by atoms with Gasteiger partial charge in [0.25, 0.3) is 0 Å². The molecular weight excluding hydrogens is 662 g/mol. The number of carbonyl (C=O) groups is 1. The SMILES string of the molecule is C[C@@H](OC[C@@]1(c2ccccc2)CC[C@](N)(COCc2ccccc2)CN1C(=O)OCc1ccccc1)c1cc(C(F)(F)F)cc(C(F)(F)F)c1. The van der Waals surface area contributed by atoms with Crippen LogP contribution in [0.3, 0.4) is 0 Å². The molecule has 0 aliphatic carbocycles. The Bertz CT molecular complexity index is 1670. The molecule has 4 aromatic rings. The standard InChI is InChI=1S/C38H38F6N2O4/c1-27(30-19-32(37(39,40)41)21-33(20-30)38(42,43)44)50-26-36(31-15-9-4-10-16-31)18-17-35(45,25-48-22-28-11-5-2-6-12-28)24-46(36)34(47)49-23-29-13-7-3-8-14-29/h2-16,19-21,27H,17-18,22-26,45H2,1H3/t27-,35-,36-/m1/s1. The van der Waals surface area contributed by atoms with Crippen LogP contribution in [0.1, 0.15) is 59.3 Å². The van der Waals surface area contributed by atoms with Crippen molar-refractivity contribution in [2.75, 3.05) is 19.8 Å². The third-order valence-electron chi connectivity index (χ3n) is 8.92. The minimum atomic E-state index is -5.02. The third-order valence-corrected chi connectivity index (χ3v) is 8.92. The molecule has 6 nitrogen and oxygen atoms in total. The first-order valence-electron chi connectivity index (χ1n) is 16.0. The van der Waals surface area contributed by atoms with Gasteiger partial charge in [0.2, 0.25) is 0 Å². The Morgan fingerprint density at radius 2 is 1.28 bits per heavy atom. The minimum absolute atomic E-state index is 0.0379. The molecule has 0 bridgehead atoms. The van der Waals surface area contributed by atoms with Crippen LogP contribution in [0.25, 0.3) is 0 Å². The Balaban J connectivity index is 1.46. The number of amides is 1. The van der Waals surface area contributed by atoms with Gasteiger partial charge in [-0.25, -0.2) is 4.79 Å². The van der Waals surface area contributed by atoms with E-state index in [9.17, 15) is 31.1 Å². The van der Waals surface area contributed by atoms with E-state index >= 15 is 0 Å². The molecule has 266 valence electrons. The Kier molecular flexibility index (Phi) is 11.2. The minimum Gasteiger partial charge on any atom is -0.445 e. The van der Waals surface area contributed by atoms with Crippen LogP contribution in [-0.2, 0) is 45.3 Å². The summed E-state index contributed by atoms with van der Waals surface area (Å²) >= 11 is 0. The van der Waals surface area contributed by atoms with Crippen molar-refractivity contribution in [1.82, 2.24) is 4.90 Å². The highest BCUT2D eigenvalue weighted by atomic mass is 19.4. The van der Waals surface area contributed by atoms with Gasteiger partial charge in [-0.2, -0.15) is 26.3 Å². The highest BCUT2D eigenvalue weighted by Gasteiger charge is 2.51. The van der Waals surface area contributed by atoms with Crippen LogP contribution < -0.4 is 5.73 Å². The van der Waals surface area contributed by atoms with Gasteiger partial charge in [0.05, 0.1) is 48.1 Å². The molecule has 1 heterocycles. The number of halogens is 6. The molecular formula is C38H38F6N2O4. The third kappa shape index (κ3) is 9.04. The molecule has 0 radical (unpaired) electrons. The van der Waals surface area contributed by atoms with Crippen molar-refractivity contribution in [3.63, 3.8) is 0 Å². The molecule has 0 unspecified atom stereocenters. The highest BCUT2D eigenvalue weighted by molar-refractivity contribution is 5.70. The van der Waals surface area contributed by atoms with Crippen LogP contribution in [0.4, 0.5) is 31.1 Å². The van der Waals surface area contributed by atoms with Crippen molar-refractivity contribution in [3.8, 4) is 0 Å². The number of hydrogen-bond donors (Lipinski definition) is 1. The van der Waals surface area contributed by atoms with Crippen molar-refractivity contribution in [2.45, 2.75) is 62.5 Å². The fraction of sp³-hybridized carbons (Fsp3) is 0.342. The van der Waals surface area contributed by atoms with Crippen molar-refractivity contribution in [1.29, 1.82) is 0 Å². The van der Waals surface area contributed by atoms with Crippen LogP contribution in [-0.4, -0.2) is 36.3 Å². The van der Waals surface area contributed by atoms with E-state index in [1.165, 1.54) is 11.8 Å². The number of benzene rings is 4. The van der Waals surface area contributed by atoms with E-state index in [2.05, 4.69) is 0 Å². The number of piperidine rings is 1. The van der Waals surface area contributed by atoms with Crippen molar-refractivity contribution >= 4 is 6.09 Å². The summed E-state index contributed by atoms with van der Waals surface area (Å²) in [6.45, 7) is 1.39. The molecule has 0 saturated carbocycles. The van der Waals surface area contributed by atoms with Gasteiger partial charge in [0, 0.05) is 6.54 Å². The quantitative estimate of drug-likeness (QED) is 0.158. The molecule has 1 amide bonds. The van der Waals surface area contributed by atoms with E-state index in [-0.39, 0.29) is 44.4 Å². The maximum absolute atomic E-state index is 14.1. The summed E-state index contributed by atoms with van der Waals surface area (Å²) in [5.74, 6) is 0. The second kappa shape index (κ2) is 15.2. The van der Waals surface area contributed by atoms with Crippen molar-refractivity contribution in [3.05, 3.63) is 143 Å². The van der Waals surface area contributed by atoms with Crippen LogP contribution >= 0.6 is 0 Å². The molecule has 1 aliphatic heterocycles. The number of nitrogens with zero attached hydrogens (tertiary/aromatic N) is 1. The summed E-state index contributed by atoms with van der Waals surface area (Å²) in [5.41, 5.74) is 3.74. The van der Waals surface area contributed by atoms with Gasteiger partial charge in [-0.1, -0.05) is 91.0 Å². The zero-order chi connectivity index (χ0) is 36.0. The molecule has 0 aromatic heterocycles. The van der Waals surface area contributed by atoms with Gasteiger partial charge in [-0.05, 0) is 60.2 Å². The average molecular weight is 701 g/mol. The number of carbonyl (C=O) groups excluding carboxylic acids is 1. The molecule has 0 spiro atoms. The number of likely N-dealkylation sites (tertiary alicyclic amines) is 1. The van der Waals surface area contributed by atoms with Crippen LogP contribution in [0, 0.1) is 0 Å². The van der Waals surface area contributed by atoms with Crippen molar-refractivity contribution < 1.29 is 45.3 Å². The maximum atomic E-state index is 14.1. The molecule has 4 aromatic carbocycles. The van der Waals surface area contributed by atoms with E-state index < -0.39 is 46.8 Å². The average Bonchev–Trinajstić information content (AvgIpc) is 3.10. The lowest BCUT2D eigenvalue weighted by Crippen LogP contribution is -2.66. The summed E-state index contributed by atoms with van der Waals surface area (Å²) < 4.78 is 99.9. The summed E-state index contributed by atoms with van der Waals surface area (Å²) in [6, 6.07) is 28.8. The second-order valence-corrected chi connectivity index (χ2v) is 12.7. The van der Waals surface area contributed by atoms with Crippen molar-refractivity contribution in [2.24, 2.45) is 5.73 Å². The first-order chi connectivity index (χ1) is 23.7. The van der Waals surface area contributed by atoms with Crippen LogP contribution in [0.2, 0.25) is 0 Å². The summed E-state index contributed by atoms with van der Waals surface area (Å²) in [5, 5.41) is 0. The van der Waals surface area contributed by atoms with Gasteiger partial charge in [-0.3, -0.25) is 4.90 Å². The van der Waals surface area contributed by atoms with Gasteiger partial charge in [0.1, 0.15) is 6.61 Å². The van der Waals surface area contributed by atoms with E-state index in [1.807, 2.05) is 36.4 Å². The predicted molar refractivity (Wildman–Crippen MR) is 175 cm³/mol. The predicted octanol–water partition coefficient (Wildman–Crippen LogP) is 9.04. The lowest BCUT2D eigenvalue weighted by atomic mass is 9.75. The fourth-order valence-electron chi connectivity index (χ4n) is 6.09. The zero-order valence-electron chi connectivity index (χ0n) is 27.3. The molecule has 50 heavy (non-hydrogen) atoms. The summed E-state index contributed by atoms with van der Waals surface area (Å²) in [6.07, 6.45) is -11.4. The Morgan fingerprint density at radius 1 is 0.760 bits per heavy atom. The van der Waals surface area contributed by atoms with Crippen LogP contribution in [0.5, 0.6) is 0 Å². The lowest BCUT2D eigenvalue weighted by Gasteiger charge is -2.52. The van der Waals surface area contributed by atoms with E-state index in [0.29, 0.717) is 30.7 Å². The Morgan fingerprint density at radius 3 is 1.82 bits per heavy atom.